The van der Waals surface area contributed by atoms with Crippen LogP contribution in [-0.2, 0) is 0 Å². The van der Waals surface area contributed by atoms with Crippen molar-refractivity contribution in [3.63, 3.8) is 0 Å². The van der Waals surface area contributed by atoms with Crippen LogP contribution in [0.5, 0.6) is 0 Å². The second-order valence-electron chi connectivity index (χ2n) is 2.56. The van der Waals surface area contributed by atoms with E-state index in [1.54, 1.807) is 0 Å². The first-order chi connectivity index (χ1) is 4.72. The number of aromatic nitrogens is 1. The number of oxazole rings is 1. The molecule has 1 heterocycles. The monoisotopic (exact) mass is 141 g/mol. The molecule has 0 aliphatic rings. The zero-order valence-corrected chi connectivity index (χ0v) is 6.11. The van der Waals surface area contributed by atoms with Gasteiger partial charge in [0, 0.05) is 0 Å². The van der Waals surface area contributed by atoms with Gasteiger partial charge in [0.25, 0.3) is 0 Å². The van der Waals surface area contributed by atoms with Gasteiger partial charge in [-0.05, 0) is 5.92 Å². The Morgan fingerprint density at radius 3 is 2.70 bits per heavy atom. The molecule has 1 aromatic heterocycles. The quantitative estimate of drug-likeness (QED) is 0.676. The minimum Gasteiger partial charge on any atom is -0.446 e. The third-order valence-corrected chi connectivity index (χ3v) is 1.34. The first-order valence-electron chi connectivity index (χ1n) is 3.29. The second-order valence-corrected chi connectivity index (χ2v) is 2.56. The SMILES string of the molecule is CC(C)C(O)c1ncco1. The smallest absolute Gasteiger partial charge is 0.223 e. The molecule has 0 fully saturated rings. The number of aliphatic hydroxyl groups excluding tert-OH is 1. The van der Waals surface area contributed by atoms with Gasteiger partial charge in [-0.2, -0.15) is 0 Å². The Balaban J connectivity index is 2.68. The number of nitrogens with zero attached hydrogens (tertiary/aromatic N) is 1. The van der Waals surface area contributed by atoms with Crippen LogP contribution in [0.2, 0.25) is 0 Å². The van der Waals surface area contributed by atoms with Gasteiger partial charge in [0.2, 0.25) is 5.89 Å². The Bertz CT molecular complexity index is 181. The molecule has 56 valence electrons. The summed E-state index contributed by atoms with van der Waals surface area (Å²) in [6.45, 7) is 3.82. The average molecular weight is 141 g/mol. The maximum atomic E-state index is 9.33. The van der Waals surface area contributed by atoms with Crippen LogP contribution >= 0.6 is 0 Å². The van der Waals surface area contributed by atoms with Crippen molar-refractivity contribution in [1.29, 1.82) is 0 Å². The van der Waals surface area contributed by atoms with E-state index in [2.05, 4.69) is 4.98 Å². The Labute approximate surface area is 59.7 Å². The van der Waals surface area contributed by atoms with Gasteiger partial charge in [0.1, 0.15) is 12.4 Å². The van der Waals surface area contributed by atoms with Crippen LogP contribution in [0.25, 0.3) is 0 Å². The Morgan fingerprint density at radius 2 is 2.30 bits per heavy atom. The number of rotatable bonds is 2. The molecule has 0 saturated carbocycles. The van der Waals surface area contributed by atoms with E-state index in [4.69, 9.17) is 4.42 Å². The Morgan fingerprint density at radius 1 is 1.60 bits per heavy atom. The molecule has 0 aliphatic heterocycles. The van der Waals surface area contributed by atoms with Crippen LogP contribution in [-0.4, -0.2) is 10.1 Å². The van der Waals surface area contributed by atoms with Gasteiger partial charge in [-0.25, -0.2) is 4.98 Å². The lowest BCUT2D eigenvalue weighted by Crippen LogP contribution is -2.05. The van der Waals surface area contributed by atoms with Gasteiger partial charge < -0.3 is 9.52 Å². The van der Waals surface area contributed by atoms with Crippen LogP contribution in [0.15, 0.2) is 16.9 Å². The number of aliphatic hydroxyl groups is 1. The van der Waals surface area contributed by atoms with Gasteiger partial charge in [-0.15, -0.1) is 0 Å². The molecule has 0 aromatic carbocycles. The van der Waals surface area contributed by atoms with E-state index in [0.29, 0.717) is 5.89 Å². The highest BCUT2D eigenvalue weighted by Crippen LogP contribution is 2.18. The third-order valence-electron chi connectivity index (χ3n) is 1.34. The molecule has 0 saturated heterocycles. The van der Waals surface area contributed by atoms with Crippen molar-refractivity contribution >= 4 is 0 Å². The van der Waals surface area contributed by atoms with Crippen molar-refractivity contribution in [3.05, 3.63) is 18.4 Å². The molecule has 1 atom stereocenters. The van der Waals surface area contributed by atoms with Crippen molar-refractivity contribution in [2.75, 3.05) is 0 Å². The van der Waals surface area contributed by atoms with Gasteiger partial charge in [-0.1, -0.05) is 13.8 Å². The second kappa shape index (κ2) is 2.84. The fraction of sp³-hybridized carbons (Fsp3) is 0.571. The Hall–Kier alpha value is -0.830. The fourth-order valence-corrected chi connectivity index (χ4v) is 0.666. The molecule has 1 unspecified atom stereocenters. The zero-order valence-electron chi connectivity index (χ0n) is 6.11. The first kappa shape index (κ1) is 7.28. The molecule has 3 heteroatoms. The number of hydrogen-bond acceptors (Lipinski definition) is 3. The topological polar surface area (TPSA) is 46.3 Å². The summed E-state index contributed by atoms with van der Waals surface area (Å²) >= 11 is 0. The molecule has 1 aromatic rings. The predicted octanol–water partition coefficient (Wildman–Crippen LogP) is 1.36. The lowest BCUT2D eigenvalue weighted by Gasteiger charge is -2.08. The van der Waals surface area contributed by atoms with Crippen LogP contribution in [0.1, 0.15) is 25.8 Å². The van der Waals surface area contributed by atoms with Crippen LogP contribution < -0.4 is 0 Å². The summed E-state index contributed by atoms with van der Waals surface area (Å²) in [6.07, 6.45) is 2.41. The van der Waals surface area contributed by atoms with Crippen LogP contribution in [0, 0.1) is 5.92 Å². The molecule has 3 nitrogen and oxygen atoms in total. The highest BCUT2D eigenvalue weighted by atomic mass is 16.4. The maximum Gasteiger partial charge on any atom is 0.223 e. The van der Waals surface area contributed by atoms with E-state index < -0.39 is 6.10 Å². The summed E-state index contributed by atoms with van der Waals surface area (Å²) in [6, 6.07) is 0. The molecular weight excluding hydrogens is 130 g/mol. The van der Waals surface area contributed by atoms with Crippen molar-refractivity contribution in [2.45, 2.75) is 20.0 Å². The molecule has 0 aliphatic carbocycles. The summed E-state index contributed by atoms with van der Waals surface area (Å²) in [4.78, 5) is 3.82. The molecular formula is C7H11NO2. The zero-order chi connectivity index (χ0) is 7.56. The molecule has 1 rings (SSSR count). The van der Waals surface area contributed by atoms with E-state index >= 15 is 0 Å². The van der Waals surface area contributed by atoms with E-state index in [1.807, 2.05) is 13.8 Å². The average Bonchev–Trinajstić information content (AvgIpc) is 2.36. The van der Waals surface area contributed by atoms with Crippen molar-refractivity contribution in [3.8, 4) is 0 Å². The van der Waals surface area contributed by atoms with Gasteiger partial charge >= 0.3 is 0 Å². The minimum atomic E-state index is -0.574. The van der Waals surface area contributed by atoms with E-state index in [-0.39, 0.29) is 5.92 Å². The van der Waals surface area contributed by atoms with E-state index in [0.717, 1.165) is 0 Å². The van der Waals surface area contributed by atoms with Crippen LogP contribution in [0.3, 0.4) is 0 Å². The summed E-state index contributed by atoms with van der Waals surface area (Å²) in [5, 5.41) is 9.33. The highest BCUT2D eigenvalue weighted by Gasteiger charge is 2.15. The molecule has 0 amide bonds. The molecule has 0 bridgehead atoms. The summed E-state index contributed by atoms with van der Waals surface area (Å²) in [5.74, 6) is 0.550. The Kier molecular flexibility index (Phi) is 2.06. The van der Waals surface area contributed by atoms with Crippen molar-refractivity contribution in [2.24, 2.45) is 5.92 Å². The lowest BCUT2D eigenvalue weighted by molar-refractivity contribution is 0.0969. The third kappa shape index (κ3) is 1.36. The molecule has 0 spiro atoms. The molecule has 10 heavy (non-hydrogen) atoms. The minimum absolute atomic E-state index is 0.152. The predicted molar refractivity (Wildman–Crippen MR) is 36.3 cm³/mol. The fourth-order valence-electron chi connectivity index (χ4n) is 0.666. The standard InChI is InChI=1S/C7H11NO2/c1-5(2)6(9)7-8-3-4-10-7/h3-6,9H,1-2H3. The van der Waals surface area contributed by atoms with Crippen molar-refractivity contribution < 1.29 is 9.52 Å². The summed E-state index contributed by atoms with van der Waals surface area (Å²) in [5.41, 5.74) is 0. The van der Waals surface area contributed by atoms with Crippen molar-refractivity contribution in [1.82, 2.24) is 4.98 Å². The van der Waals surface area contributed by atoms with Gasteiger partial charge in [-0.3, -0.25) is 0 Å². The van der Waals surface area contributed by atoms with Crippen LogP contribution in [0.4, 0.5) is 0 Å². The normalized spacial score (nSPS) is 14.0. The van der Waals surface area contributed by atoms with Gasteiger partial charge in [0.05, 0.1) is 6.20 Å². The lowest BCUT2D eigenvalue weighted by atomic mass is 10.1. The maximum absolute atomic E-state index is 9.33. The summed E-state index contributed by atoms with van der Waals surface area (Å²) < 4.78 is 4.90. The number of hydrogen-bond donors (Lipinski definition) is 1. The summed E-state index contributed by atoms with van der Waals surface area (Å²) in [7, 11) is 0. The van der Waals surface area contributed by atoms with E-state index in [9.17, 15) is 5.11 Å². The molecule has 1 N–H and O–H groups in total. The largest absolute Gasteiger partial charge is 0.446 e. The van der Waals surface area contributed by atoms with E-state index in [1.165, 1.54) is 12.5 Å². The highest BCUT2D eigenvalue weighted by molar-refractivity contribution is 4.86. The molecule has 0 radical (unpaired) electrons. The first-order valence-corrected chi connectivity index (χ1v) is 3.29. The van der Waals surface area contributed by atoms with Gasteiger partial charge in [0.15, 0.2) is 0 Å².